The third-order valence-corrected chi connectivity index (χ3v) is 4.97. The molecule has 0 saturated heterocycles. The van der Waals surface area contributed by atoms with E-state index in [2.05, 4.69) is 15.5 Å². The molecular formula is C18H20N4O4S2. The van der Waals surface area contributed by atoms with Crippen molar-refractivity contribution >= 4 is 35.1 Å². The lowest BCUT2D eigenvalue weighted by Gasteiger charge is -2.13. The number of amides is 1. The Balaban J connectivity index is 1.73. The number of hydrogen-bond acceptors (Lipinski definition) is 7. The van der Waals surface area contributed by atoms with Crippen LogP contribution in [0.4, 0.5) is 5.69 Å². The zero-order chi connectivity index (χ0) is 19.9. The summed E-state index contributed by atoms with van der Waals surface area (Å²) in [5.41, 5.74) is 0.589. The number of hydrogen-bond donors (Lipinski definition) is 2. The first-order chi connectivity index (χ1) is 13.6. The second kappa shape index (κ2) is 9.49. The van der Waals surface area contributed by atoms with Gasteiger partial charge >= 0.3 is 0 Å². The summed E-state index contributed by atoms with van der Waals surface area (Å²) >= 11 is 6.79. The lowest BCUT2D eigenvalue weighted by Crippen LogP contribution is -2.19. The van der Waals surface area contributed by atoms with E-state index in [1.807, 2.05) is 17.5 Å². The fraction of sp³-hybridized carbons (Fsp3) is 0.278. The number of benzene rings is 1. The molecule has 148 valence electrons. The number of carbonyl (C=O) groups is 1. The monoisotopic (exact) mass is 420 g/mol. The SMILES string of the molecule is COCCOc1cc(NC(=O)Cn2c(-c3cccs3)n[nH]c2=S)ccc1OC. The Morgan fingerprint density at radius 1 is 1.29 bits per heavy atom. The van der Waals surface area contributed by atoms with E-state index in [1.165, 1.54) is 11.3 Å². The van der Waals surface area contributed by atoms with Crippen LogP contribution in [0.5, 0.6) is 11.5 Å². The first-order valence-corrected chi connectivity index (χ1v) is 9.70. The third-order valence-electron chi connectivity index (χ3n) is 3.79. The minimum Gasteiger partial charge on any atom is -0.493 e. The smallest absolute Gasteiger partial charge is 0.244 e. The number of methoxy groups -OCH3 is 2. The number of carbonyl (C=O) groups excluding carboxylic acids is 1. The van der Waals surface area contributed by atoms with Gasteiger partial charge in [0.25, 0.3) is 0 Å². The van der Waals surface area contributed by atoms with Crippen LogP contribution in [0.2, 0.25) is 0 Å². The second-order valence-corrected chi connectivity index (χ2v) is 7.01. The molecule has 0 aliphatic rings. The first-order valence-electron chi connectivity index (χ1n) is 8.41. The average Bonchev–Trinajstić information content (AvgIpc) is 3.33. The van der Waals surface area contributed by atoms with Crippen molar-refractivity contribution in [1.29, 1.82) is 0 Å². The summed E-state index contributed by atoms with van der Waals surface area (Å²) in [6, 6.07) is 9.04. The Hall–Kier alpha value is -2.69. The largest absolute Gasteiger partial charge is 0.493 e. The lowest BCUT2D eigenvalue weighted by molar-refractivity contribution is -0.116. The van der Waals surface area contributed by atoms with Gasteiger partial charge < -0.3 is 19.5 Å². The molecule has 10 heteroatoms. The molecule has 0 aliphatic heterocycles. The zero-order valence-electron chi connectivity index (χ0n) is 15.4. The van der Waals surface area contributed by atoms with Gasteiger partial charge in [0.15, 0.2) is 22.1 Å². The lowest BCUT2D eigenvalue weighted by atomic mass is 10.2. The highest BCUT2D eigenvalue weighted by molar-refractivity contribution is 7.71. The maximum absolute atomic E-state index is 12.6. The molecule has 0 radical (unpaired) electrons. The second-order valence-electron chi connectivity index (χ2n) is 5.67. The molecule has 3 rings (SSSR count). The van der Waals surface area contributed by atoms with Gasteiger partial charge in [0.1, 0.15) is 13.2 Å². The molecule has 2 N–H and O–H groups in total. The molecule has 0 fully saturated rings. The maximum Gasteiger partial charge on any atom is 0.244 e. The maximum atomic E-state index is 12.6. The first kappa shape index (κ1) is 20.1. The predicted octanol–water partition coefficient (Wildman–Crippen LogP) is 3.34. The van der Waals surface area contributed by atoms with Gasteiger partial charge in [-0.2, -0.15) is 5.10 Å². The number of aromatic amines is 1. The summed E-state index contributed by atoms with van der Waals surface area (Å²) in [5, 5.41) is 11.8. The number of ether oxygens (including phenoxy) is 3. The van der Waals surface area contributed by atoms with Crippen molar-refractivity contribution in [3.63, 3.8) is 0 Å². The molecular weight excluding hydrogens is 400 g/mol. The van der Waals surface area contributed by atoms with Gasteiger partial charge in [0.2, 0.25) is 5.91 Å². The average molecular weight is 421 g/mol. The van der Waals surface area contributed by atoms with E-state index in [-0.39, 0.29) is 12.5 Å². The van der Waals surface area contributed by atoms with Crippen molar-refractivity contribution in [3.05, 3.63) is 40.5 Å². The van der Waals surface area contributed by atoms with E-state index in [1.54, 1.807) is 37.0 Å². The van der Waals surface area contributed by atoms with Gasteiger partial charge in [0.05, 0.1) is 18.6 Å². The zero-order valence-corrected chi connectivity index (χ0v) is 17.1. The van der Waals surface area contributed by atoms with E-state index >= 15 is 0 Å². The van der Waals surface area contributed by atoms with Gasteiger partial charge in [-0.25, -0.2) is 0 Å². The van der Waals surface area contributed by atoms with Crippen LogP contribution in [0.3, 0.4) is 0 Å². The number of aromatic nitrogens is 3. The molecule has 2 heterocycles. The van der Waals surface area contributed by atoms with Crippen molar-refractivity contribution in [3.8, 4) is 22.2 Å². The molecule has 3 aromatic rings. The van der Waals surface area contributed by atoms with Gasteiger partial charge in [-0.05, 0) is 35.8 Å². The van der Waals surface area contributed by atoms with E-state index in [0.717, 1.165) is 4.88 Å². The Bertz CT molecular complexity index is 982. The summed E-state index contributed by atoms with van der Waals surface area (Å²) in [5.74, 6) is 1.50. The van der Waals surface area contributed by atoms with Crippen molar-refractivity contribution in [2.45, 2.75) is 6.54 Å². The third kappa shape index (κ3) is 4.77. The Kier molecular flexibility index (Phi) is 6.80. The van der Waals surface area contributed by atoms with Crippen molar-refractivity contribution in [1.82, 2.24) is 14.8 Å². The van der Waals surface area contributed by atoms with Crippen molar-refractivity contribution in [2.24, 2.45) is 0 Å². The molecule has 0 aliphatic carbocycles. The van der Waals surface area contributed by atoms with Gasteiger partial charge in [-0.1, -0.05) is 6.07 Å². The molecule has 0 atom stereocenters. The molecule has 1 amide bonds. The summed E-state index contributed by atoms with van der Waals surface area (Å²) in [6.45, 7) is 0.858. The highest BCUT2D eigenvalue weighted by Crippen LogP contribution is 2.30. The number of anilines is 1. The molecule has 0 saturated carbocycles. The van der Waals surface area contributed by atoms with E-state index < -0.39 is 0 Å². The van der Waals surface area contributed by atoms with Crippen LogP contribution in [0.25, 0.3) is 10.7 Å². The van der Waals surface area contributed by atoms with Crippen LogP contribution in [-0.4, -0.2) is 48.1 Å². The highest BCUT2D eigenvalue weighted by atomic mass is 32.1. The molecule has 1 aromatic carbocycles. The van der Waals surface area contributed by atoms with E-state index in [0.29, 0.717) is 41.0 Å². The number of H-pyrrole nitrogens is 1. The molecule has 28 heavy (non-hydrogen) atoms. The minimum atomic E-state index is -0.233. The van der Waals surface area contributed by atoms with Crippen LogP contribution in [0.1, 0.15) is 0 Å². The topological polar surface area (TPSA) is 90.4 Å². The predicted molar refractivity (Wildman–Crippen MR) is 110 cm³/mol. The Morgan fingerprint density at radius 3 is 2.86 bits per heavy atom. The number of nitrogens with zero attached hydrogens (tertiary/aromatic N) is 2. The minimum absolute atomic E-state index is 0.0362. The number of thiophene rings is 1. The summed E-state index contributed by atoms with van der Waals surface area (Å²) in [6.07, 6.45) is 0. The summed E-state index contributed by atoms with van der Waals surface area (Å²) < 4.78 is 18.0. The molecule has 0 bridgehead atoms. The Morgan fingerprint density at radius 2 is 2.14 bits per heavy atom. The van der Waals surface area contributed by atoms with Crippen LogP contribution < -0.4 is 14.8 Å². The van der Waals surface area contributed by atoms with Crippen LogP contribution in [-0.2, 0) is 16.1 Å². The standard InChI is InChI=1S/C18H20N4O4S2/c1-24-7-8-26-14-10-12(5-6-13(14)25-2)19-16(23)11-22-17(20-21-18(22)27)15-4-3-9-28-15/h3-6,9-10H,7-8,11H2,1-2H3,(H,19,23)(H,21,27). The van der Waals surface area contributed by atoms with Crippen molar-refractivity contribution in [2.75, 3.05) is 32.8 Å². The van der Waals surface area contributed by atoms with E-state index in [9.17, 15) is 4.79 Å². The molecule has 0 unspecified atom stereocenters. The van der Waals surface area contributed by atoms with Crippen LogP contribution in [0, 0.1) is 4.77 Å². The summed E-state index contributed by atoms with van der Waals surface area (Å²) in [7, 11) is 3.16. The molecule has 2 aromatic heterocycles. The molecule has 8 nitrogen and oxygen atoms in total. The normalized spacial score (nSPS) is 10.6. The highest BCUT2D eigenvalue weighted by Gasteiger charge is 2.14. The van der Waals surface area contributed by atoms with Gasteiger partial charge in [0, 0.05) is 18.9 Å². The van der Waals surface area contributed by atoms with Crippen molar-refractivity contribution < 1.29 is 19.0 Å². The Labute approximate surface area is 171 Å². The fourth-order valence-electron chi connectivity index (χ4n) is 2.50. The quantitative estimate of drug-likeness (QED) is 0.408. The fourth-order valence-corrected chi connectivity index (χ4v) is 3.42. The number of rotatable bonds is 9. The van der Waals surface area contributed by atoms with Crippen LogP contribution >= 0.6 is 23.6 Å². The van der Waals surface area contributed by atoms with E-state index in [4.69, 9.17) is 26.4 Å². The molecule has 0 spiro atoms. The van der Waals surface area contributed by atoms with Gasteiger partial charge in [-0.3, -0.25) is 14.5 Å². The summed E-state index contributed by atoms with van der Waals surface area (Å²) in [4.78, 5) is 13.5. The van der Waals surface area contributed by atoms with Gasteiger partial charge in [-0.15, -0.1) is 11.3 Å². The van der Waals surface area contributed by atoms with Crippen LogP contribution in [0.15, 0.2) is 35.7 Å². The number of nitrogens with one attached hydrogen (secondary N) is 2.